The van der Waals surface area contributed by atoms with Crippen LogP contribution in [0.1, 0.15) is 11.6 Å². The number of benzene rings is 1. The molecule has 0 bridgehead atoms. The number of hydrogen-bond donors (Lipinski definition) is 3. The van der Waals surface area contributed by atoms with Crippen LogP contribution in [0.5, 0.6) is 0 Å². The van der Waals surface area contributed by atoms with Crippen LogP contribution in [0.2, 0.25) is 6.32 Å². The molecule has 0 aromatic heterocycles. The van der Waals surface area contributed by atoms with E-state index in [4.69, 9.17) is 4.74 Å². The summed E-state index contributed by atoms with van der Waals surface area (Å²) < 4.78 is 19.0. The van der Waals surface area contributed by atoms with Gasteiger partial charge in [-0.15, -0.1) is 0 Å². The maximum atomic E-state index is 14.0. The number of likely N-dealkylation sites (tertiary alicyclic amines) is 1. The van der Waals surface area contributed by atoms with Crippen molar-refractivity contribution in [1.29, 1.82) is 0 Å². The van der Waals surface area contributed by atoms with Gasteiger partial charge < -0.3 is 25.0 Å². The molecule has 0 spiro atoms. The van der Waals surface area contributed by atoms with Crippen molar-refractivity contribution in [2.24, 2.45) is 0 Å². The van der Waals surface area contributed by atoms with E-state index < -0.39 is 37.4 Å². The van der Waals surface area contributed by atoms with Gasteiger partial charge in [0.2, 0.25) is 5.91 Å². The Morgan fingerprint density at radius 1 is 1.40 bits per heavy atom. The zero-order chi connectivity index (χ0) is 18.4. The molecular formula is C16H20BFN2O5. The second kappa shape index (κ2) is 8.64. The molecule has 2 amide bonds. The Bertz CT molecular complexity index is 616. The predicted octanol–water partition coefficient (Wildman–Crippen LogP) is 0.662. The molecular weight excluding hydrogens is 330 g/mol. The van der Waals surface area contributed by atoms with Gasteiger partial charge in [-0.3, -0.25) is 4.79 Å². The second-order valence-electron chi connectivity index (χ2n) is 5.73. The molecule has 2 rings (SSSR count). The molecule has 134 valence electrons. The van der Waals surface area contributed by atoms with Crippen LogP contribution in [0, 0.1) is 0 Å². The first-order valence-electron chi connectivity index (χ1n) is 7.84. The van der Waals surface area contributed by atoms with Crippen molar-refractivity contribution >= 4 is 19.1 Å². The van der Waals surface area contributed by atoms with E-state index in [1.165, 1.54) is 4.90 Å². The Morgan fingerprint density at radius 3 is 2.68 bits per heavy atom. The summed E-state index contributed by atoms with van der Waals surface area (Å²) in [7, 11) is -1.63. The van der Waals surface area contributed by atoms with E-state index in [1.54, 1.807) is 30.3 Å². The minimum absolute atomic E-state index is 0.0575. The Hall–Kier alpha value is -2.39. The van der Waals surface area contributed by atoms with E-state index in [1.807, 2.05) is 0 Å². The van der Waals surface area contributed by atoms with Crippen LogP contribution in [0.15, 0.2) is 43.0 Å². The molecule has 1 aliphatic rings. The smallest absolute Gasteiger partial charge is 0.441 e. The molecule has 0 saturated carbocycles. The van der Waals surface area contributed by atoms with E-state index >= 15 is 0 Å². The lowest BCUT2D eigenvalue weighted by Gasteiger charge is -2.21. The fourth-order valence-corrected chi connectivity index (χ4v) is 2.64. The van der Waals surface area contributed by atoms with Gasteiger partial charge >= 0.3 is 13.2 Å². The van der Waals surface area contributed by atoms with E-state index in [-0.39, 0.29) is 19.4 Å². The average Bonchev–Trinajstić information content (AvgIpc) is 2.94. The Balaban J connectivity index is 1.97. The monoisotopic (exact) mass is 350 g/mol. The van der Waals surface area contributed by atoms with E-state index in [2.05, 4.69) is 11.9 Å². The first-order chi connectivity index (χ1) is 11.9. The third-order valence-electron chi connectivity index (χ3n) is 3.88. The van der Waals surface area contributed by atoms with Crippen LogP contribution < -0.4 is 5.32 Å². The summed E-state index contributed by atoms with van der Waals surface area (Å²) in [5, 5.41) is 20.9. The topological polar surface area (TPSA) is 99.1 Å². The Labute approximate surface area is 145 Å². The van der Waals surface area contributed by atoms with Crippen LogP contribution in [0.25, 0.3) is 0 Å². The molecule has 1 aromatic rings. The van der Waals surface area contributed by atoms with Crippen molar-refractivity contribution < 1.29 is 28.8 Å². The van der Waals surface area contributed by atoms with E-state index in [0.717, 1.165) is 6.08 Å². The maximum Gasteiger partial charge on any atom is 0.453 e. The fourth-order valence-electron chi connectivity index (χ4n) is 2.64. The normalized spacial score (nSPS) is 20.7. The number of nitrogens with zero attached hydrogens (tertiary/aromatic N) is 1. The summed E-state index contributed by atoms with van der Waals surface area (Å²) in [6, 6.07) is 7.99. The summed E-state index contributed by atoms with van der Waals surface area (Å²) in [5.74, 6) is -0.431. The van der Waals surface area contributed by atoms with Crippen LogP contribution >= 0.6 is 0 Å². The molecule has 1 aromatic carbocycles. The molecule has 1 saturated heterocycles. The summed E-state index contributed by atoms with van der Waals surface area (Å²) in [5.41, 5.74) is 0.652. The molecule has 25 heavy (non-hydrogen) atoms. The van der Waals surface area contributed by atoms with Gasteiger partial charge in [-0.2, -0.15) is 0 Å². The molecule has 1 heterocycles. The third kappa shape index (κ3) is 5.30. The van der Waals surface area contributed by atoms with Gasteiger partial charge in [-0.25, -0.2) is 9.18 Å². The highest BCUT2D eigenvalue weighted by Crippen LogP contribution is 2.20. The standard InChI is InChI=1S/C16H20BFN2O5/c1-2-15(21)20-9-12(18)14(10-20)25-16(22)19-13(8-17(23)24)11-6-4-3-5-7-11/h2-7,12-14,23-24H,1,8-10H2,(H,19,22)/t12-,13-,14-/m1/s1. The second-order valence-corrected chi connectivity index (χ2v) is 5.73. The first kappa shape index (κ1) is 18.9. The van der Waals surface area contributed by atoms with E-state index in [9.17, 15) is 24.0 Å². The van der Waals surface area contributed by atoms with Crippen molar-refractivity contribution in [3.63, 3.8) is 0 Å². The van der Waals surface area contributed by atoms with Crippen LogP contribution in [0.4, 0.5) is 9.18 Å². The quantitative estimate of drug-likeness (QED) is 0.517. The molecule has 3 atom stereocenters. The van der Waals surface area contributed by atoms with Gasteiger partial charge in [-0.1, -0.05) is 36.9 Å². The highest BCUT2D eigenvalue weighted by Gasteiger charge is 2.37. The molecule has 7 nitrogen and oxygen atoms in total. The number of alkyl halides is 1. The number of carbonyl (C=O) groups excluding carboxylic acids is 2. The third-order valence-corrected chi connectivity index (χ3v) is 3.88. The number of nitrogens with one attached hydrogen (secondary N) is 1. The summed E-state index contributed by atoms with van der Waals surface area (Å²) in [4.78, 5) is 24.8. The van der Waals surface area contributed by atoms with Gasteiger partial charge in [0.05, 0.1) is 19.1 Å². The fraction of sp³-hybridized carbons (Fsp3) is 0.375. The lowest BCUT2D eigenvalue weighted by Crippen LogP contribution is -2.37. The number of hydrogen-bond acceptors (Lipinski definition) is 5. The van der Waals surface area contributed by atoms with Crippen LogP contribution in [-0.4, -0.2) is 59.4 Å². The van der Waals surface area contributed by atoms with Crippen LogP contribution in [-0.2, 0) is 9.53 Å². The van der Waals surface area contributed by atoms with Crippen molar-refractivity contribution in [3.05, 3.63) is 48.6 Å². The van der Waals surface area contributed by atoms with Gasteiger partial charge in [0, 0.05) is 6.32 Å². The largest absolute Gasteiger partial charge is 0.453 e. The number of amides is 2. The van der Waals surface area contributed by atoms with Crippen molar-refractivity contribution in [2.75, 3.05) is 13.1 Å². The molecule has 0 unspecified atom stereocenters. The van der Waals surface area contributed by atoms with Crippen molar-refractivity contribution in [3.8, 4) is 0 Å². The lowest BCUT2D eigenvalue weighted by atomic mass is 9.79. The van der Waals surface area contributed by atoms with Gasteiger partial charge in [-0.05, 0) is 11.6 Å². The molecule has 1 aliphatic heterocycles. The van der Waals surface area contributed by atoms with Crippen molar-refractivity contribution in [1.82, 2.24) is 10.2 Å². The average molecular weight is 350 g/mol. The SMILES string of the molecule is C=CC(=O)N1C[C@@H](F)[C@H](OC(=O)N[C@H](CB(O)O)c2ccccc2)C1. The summed E-state index contributed by atoms with van der Waals surface area (Å²) in [6.45, 7) is 3.11. The maximum absolute atomic E-state index is 14.0. The number of halogens is 1. The minimum atomic E-state index is -1.63. The Morgan fingerprint density at radius 2 is 2.08 bits per heavy atom. The van der Waals surface area contributed by atoms with Gasteiger partial charge in [0.25, 0.3) is 0 Å². The molecule has 1 fully saturated rings. The molecule has 3 N–H and O–H groups in total. The molecule has 0 aliphatic carbocycles. The zero-order valence-electron chi connectivity index (χ0n) is 13.5. The minimum Gasteiger partial charge on any atom is -0.441 e. The number of carbonyl (C=O) groups is 2. The summed E-state index contributed by atoms with van der Waals surface area (Å²) >= 11 is 0. The molecule has 0 radical (unpaired) electrons. The summed E-state index contributed by atoms with van der Waals surface area (Å²) in [6.07, 6.45) is -2.55. The van der Waals surface area contributed by atoms with Gasteiger partial charge in [0.1, 0.15) is 0 Å². The van der Waals surface area contributed by atoms with E-state index in [0.29, 0.717) is 5.56 Å². The predicted molar refractivity (Wildman–Crippen MR) is 89.3 cm³/mol. The molecule has 9 heteroatoms. The lowest BCUT2D eigenvalue weighted by molar-refractivity contribution is -0.125. The van der Waals surface area contributed by atoms with Gasteiger partial charge in [0.15, 0.2) is 12.3 Å². The van der Waals surface area contributed by atoms with Crippen LogP contribution in [0.3, 0.4) is 0 Å². The number of ether oxygens (including phenoxy) is 1. The first-order valence-corrected chi connectivity index (χ1v) is 7.84. The number of rotatable bonds is 6. The highest BCUT2D eigenvalue weighted by molar-refractivity contribution is 6.41. The Kier molecular flexibility index (Phi) is 6.54. The highest BCUT2D eigenvalue weighted by atomic mass is 19.1. The zero-order valence-corrected chi connectivity index (χ0v) is 13.5. The van der Waals surface area contributed by atoms with Crippen molar-refractivity contribution in [2.45, 2.75) is 24.6 Å². The number of alkyl carbamates (subject to hydrolysis) is 1.